The van der Waals surface area contributed by atoms with Crippen LogP contribution in [-0.4, -0.2) is 5.71 Å². The summed E-state index contributed by atoms with van der Waals surface area (Å²) >= 11 is 0. The van der Waals surface area contributed by atoms with Crippen molar-refractivity contribution in [1.29, 1.82) is 0 Å². The molecule has 0 fully saturated rings. The van der Waals surface area contributed by atoms with Gasteiger partial charge >= 0.3 is 0 Å². The average molecular weight is 109 g/mol. The lowest BCUT2D eigenvalue weighted by atomic mass is 10.1. The maximum absolute atomic E-state index is 4.17. The molecule has 1 atom stereocenters. The molecule has 0 aromatic rings. The molecule has 0 bridgehead atoms. The van der Waals surface area contributed by atoms with Crippen LogP contribution in [0.5, 0.6) is 0 Å². The maximum atomic E-state index is 4.17. The van der Waals surface area contributed by atoms with Crippen molar-refractivity contribution in [2.75, 3.05) is 0 Å². The third kappa shape index (κ3) is 0.808. The first-order valence-electron chi connectivity index (χ1n) is 3.08. The first-order chi connectivity index (χ1) is 3.84. The molecule has 1 aliphatic heterocycles. The molecule has 1 heteroatoms. The Hall–Kier alpha value is -0.590. The summed E-state index contributed by atoms with van der Waals surface area (Å²) in [5.41, 5.74) is 1.31. The van der Waals surface area contributed by atoms with Crippen LogP contribution < -0.4 is 0 Å². The fraction of sp³-hybridized carbons (Fsp3) is 0.571. The largest absolute Gasteiger partial charge is 0.265 e. The van der Waals surface area contributed by atoms with Crippen LogP contribution >= 0.6 is 0 Å². The summed E-state index contributed by atoms with van der Waals surface area (Å²) in [5, 5.41) is 0. The second-order valence-electron chi connectivity index (χ2n) is 2.10. The molecule has 0 aliphatic carbocycles. The van der Waals surface area contributed by atoms with Crippen LogP contribution in [0.2, 0.25) is 0 Å². The summed E-state index contributed by atoms with van der Waals surface area (Å²) in [7, 11) is 0. The second-order valence-corrected chi connectivity index (χ2v) is 2.10. The van der Waals surface area contributed by atoms with E-state index in [-0.39, 0.29) is 0 Å². The molecule has 0 spiro atoms. The Morgan fingerprint density at radius 3 is 2.75 bits per heavy atom. The SMILES string of the molecule is CCC1=NC=CC1C. The van der Waals surface area contributed by atoms with Crippen molar-refractivity contribution >= 4 is 5.71 Å². The lowest BCUT2D eigenvalue weighted by Crippen LogP contribution is -2.01. The Morgan fingerprint density at radius 2 is 2.50 bits per heavy atom. The van der Waals surface area contributed by atoms with E-state index in [2.05, 4.69) is 24.9 Å². The van der Waals surface area contributed by atoms with Gasteiger partial charge in [0.05, 0.1) is 0 Å². The van der Waals surface area contributed by atoms with E-state index < -0.39 is 0 Å². The van der Waals surface area contributed by atoms with E-state index in [1.54, 1.807) is 0 Å². The standard InChI is InChI=1S/C7H11N/c1-3-7-6(2)4-5-8-7/h4-6H,3H2,1-2H3. The summed E-state index contributed by atoms with van der Waals surface area (Å²) in [4.78, 5) is 4.17. The van der Waals surface area contributed by atoms with Crippen molar-refractivity contribution in [3.05, 3.63) is 12.3 Å². The molecule has 0 radical (unpaired) electrons. The molecular formula is C7H11N. The monoisotopic (exact) mass is 109 g/mol. The molecule has 0 aromatic carbocycles. The minimum absolute atomic E-state index is 0.597. The number of hydrogen-bond donors (Lipinski definition) is 0. The van der Waals surface area contributed by atoms with Crippen molar-refractivity contribution in [2.45, 2.75) is 20.3 Å². The first-order valence-corrected chi connectivity index (χ1v) is 3.08. The van der Waals surface area contributed by atoms with Crippen LogP contribution in [0.15, 0.2) is 17.3 Å². The van der Waals surface area contributed by atoms with Crippen LogP contribution in [0.1, 0.15) is 20.3 Å². The van der Waals surface area contributed by atoms with Gasteiger partial charge in [-0.3, -0.25) is 4.99 Å². The molecule has 8 heavy (non-hydrogen) atoms. The zero-order valence-corrected chi connectivity index (χ0v) is 5.39. The van der Waals surface area contributed by atoms with Gasteiger partial charge in [-0.25, -0.2) is 0 Å². The molecule has 0 N–H and O–H groups in total. The molecule has 0 aromatic heterocycles. The smallest absolute Gasteiger partial charge is 0.0242 e. The van der Waals surface area contributed by atoms with Crippen LogP contribution in [0, 0.1) is 5.92 Å². The summed E-state index contributed by atoms with van der Waals surface area (Å²) in [5.74, 6) is 0.597. The zero-order valence-electron chi connectivity index (χ0n) is 5.39. The Balaban J connectivity index is 2.59. The molecule has 44 valence electrons. The quantitative estimate of drug-likeness (QED) is 0.488. The normalized spacial score (nSPS) is 26.2. The molecule has 1 aliphatic rings. The molecule has 1 unspecified atom stereocenters. The molecule has 0 amide bonds. The van der Waals surface area contributed by atoms with Crippen LogP contribution in [0.4, 0.5) is 0 Å². The van der Waals surface area contributed by atoms with Crippen molar-refractivity contribution in [3.63, 3.8) is 0 Å². The molecule has 1 heterocycles. The lowest BCUT2D eigenvalue weighted by molar-refractivity contribution is 0.981. The number of aliphatic imine (C=N–C) groups is 1. The van der Waals surface area contributed by atoms with Gasteiger partial charge in [0.25, 0.3) is 0 Å². The lowest BCUT2D eigenvalue weighted by Gasteiger charge is -1.99. The van der Waals surface area contributed by atoms with Crippen molar-refractivity contribution in [3.8, 4) is 0 Å². The van der Waals surface area contributed by atoms with Gasteiger partial charge < -0.3 is 0 Å². The minimum Gasteiger partial charge on any atom is -0.265 e. The zero-order chi connectivity index (χ0) is 5.98. The van der Waals surface area contributed by atoms with Crippen LogP contribution in [0.3, 0.4) is 0 Å². The minimum atomic E-state index is 0.597. The summed E-state index contributed by atoms with van der Waals surface area (Å²) in [6.07, 6.45) is 5.11. The van der Waals surface area contributed by atoms with Crippen LogP contribution in [-0.2, 0) is 0 Å². The van der Waals surface area contributed by atoms with E-state index in [4.69, 9.17) is 0 Å². The van der Waals surface area contributed by atoms with E-state index >= 15 is 0 Å². The maximum Gasteiger partial charge on any atom is 0.0242 e. The number of hydrogen-bond acceptors (Lipinski definition) is 1. The molecule has 0 saturated carbocycles. The van der Waals surface area contributed by atoms with E-state index in [1.165, 1.54) is 5.71 Å². The number of allylic oxidation sites excluding steroid dienone is 1. The van der Waals surface area contributed by atoms with Crippen molar-refractivity contribution < 1.29 is 0 Å². The van der Waals surface area contributed by atoms with E-state index in [9.17, 15) is 0 Å². The Morgan fingerprint density at radius 1 is 1.75 bits per heavy atom. The molecule has 1 rings (SSSR count). The molecular weight excluding hydrogens is 98.1 g/mol. The van der Waals surface area contributed by atoms with Gasteiger partial charge in [-0.2, -0.15) is 0 Å². The Bertz CT molecular complexity index is 133. The third-order valence-electron chi connectivity index (χ3n) is 1.50. The highest BCUT2D eigenvalue weighted by atomic mass is 14.7. The predicted octanol–water partition coefficient (Wildman–Crippen LogP) is 2.00. The van der Waals surface area contributed by atoms with Crippen molar-refractivity contribution in [1.82, 2.24) is 0 Å². The van der Waals surface area contributed by atoms with E-state index in [0.29, 0.717) is 5.92 Å². The predicted molar refractivity (Wildman–Crippen MR) is 36.0 cm³/mol. The van der Waals surface area contributed by atoms with E-state index in [0.717, 1.165) is 6.42 Å². The first kappa shape index (κ1) is 5.54. The number of rotatable bonds is 1. The van der Waals surface area contributed by atoms with Gasteiger partial charge in [0.15, 0.2) is 0 Å². The van der Waals surface area contributed by atoms with E-state index in [1.807, 2.05) is 6.20 Å². The van der Waals surface area contributed by atoms with Gasteiger partial charge in [-0.1, -0.05) is 19.9 Å². The van der Waals surface area contributed by atoms with Gasteiger partial charge in [0, 0.05) is 17.8 Å². The number of nitrogens with zero attached hydrogens (tertiary/aromatic N) is 1. The fourth-order valence-electron chi connectivity index (χ4n) is 0.910. The molecule has 0 saturated heterocycles. The van der Waals surface area contributed by atoms with Gasteiger partial charge in [-0.05, 0) is 6.42 Å². The van der Waals surface area contributed by atoms with Gasteiger partial charge in [0.2, 0.25) is 0 Å². The summed E-state index contributed by atoms with van der Waals surface area (Å²) in [6.45, 7) is 4.31. The van der Waals surface area contributed by atoms with Crippen molar-refractivity contribution in [2.24, 2.45) is 10.9 Å². The second kappa shape index (κ2) is 2.12. The third-order valence-corrected chi connectivity index (χ3v) is 1.50. The Kier molecular flexibility index (Phi) is 1.47. The highest BCUT2D eigenvalue weighted by molar-refractivity contribution is 5.89. The van der Waals surface area contributed by atoms with Crippen LogP contribution in [0.25, 0.3) is 0 Å². The topological polar surface area (TPSA) is 12.4 Å². The highest BCUT2D eigenvalue weighted by Gasteiger charge is 2.06. The fourth-order valence-corrected chi connectivity index (χ4v) is 0.910. The van der Waals surface area contributed by atoms with Gasteiger partial charge in [0.1, 0.15) is 0 Å². The van der Waals surface area contributed by atoms with Gasteiger partial charge in [-0.15, -0.1) is 0 Å². The summed E-state index contributed by atoms with van der Waals surface area (Å²) < 4.78 is 0. The summed E-state index contributed by atoms with van der Waals surface area (Å²) in [6, 6.07) is 0. The average Bonchev–Trinajstić information content (AvgIpc) is 2.14. The molecule has 1 nitrogen and oxygen atoms in total. The highest BCUT2D eigenvalue weighted by Crippen LogP contribution is 2.10. The Labute approximate surface area is 50.1 Å².